The number of fused-ring (bicyclic) bond motifs is 3. The number of hydrogen-bond donors (Lipinski definition) is 0. The lowest BCUT2D eigenvalue weighted by Gasteiger charge is -2.10. The van der Waals surface area contributed by atoms with Crippen molar-refractivity contribution in [2.75, 3.05) is 0 Å². The predicted octanol–water partition coefficient (Wildman–Crippen LogP) is 12.6. The molecule has 266 valence electrons. The molecule has 3 aromatic heterocycles. The summed E-state index contributed by atoms with van der Waals surface area (Å²) in [5.41, 5.74) is 8.18. The molecule has 0 aliphatic heterocycles. The van der Waals surface area contributed by atoms with Crippen LogP contribution in [0.4, 0.5) is 5.69 Å². The maximum atomic E-state index is 7.29. The van der Waals surface area contributed by atoms with Crippen LogP contribution in [0.3, 0.4) is 0 Å². The third kappa shape index (κ3) is 6.48. The summed E-state index contributed by atoms with van der Waals surface area (Å²) in [4.78, 5) is 33.8. The van der Waals surface area contributed by atoms with E-state index in [1.807, 2.05) is 127 Å². The zero-order valence-corrected chi connectivity index (χ0v) is 31.1. The van der Waals surface area contributed by atoms with Crippen molar-refractivity contribution in [3.8, 4) is 79.5 Å². The molecule has 7 nitrogen and oxygen atoms in total. The molecule has 10 rings (SSSR count). The molecule has 0 aliphatic rings. The highest BCUT2D eigenvalue weighted by atomic mass is 32.1. The van der Waals surface area contributed by atoms with Crippen molar-refractivity contribution in [2.45, 2.75) is 0 Å². The third-order valence-electron chi connectivity index (χ3n) is 9.84. The van der Waals surface area contributed by atoms with Crippen LogP contribution in [0.15, 0.2) is 176 Å². The molecule has 10 aromatic rings. The van der Waals surface area contributed by atoms with Crippen LogP contribution in [0.2, 0.25) is 0 Å². The molecule has 0 amide bonds. The molecular formula is C49H29N7S. The zero-order chi connectivity index (χ0) is 38.1. The van der Waals surface area contributed by atoms with E-state index in [2.05, 4.69) is 53.4 Å². The Kier molecular flexibility index (Phi) is 8.60. The van der Waals surface area contributed by atoms with Crippen LogP contribution in [0.1, 0.15) is 0 Å². The van der Waals surface area contributed by atoms with Gasteiger partial charge in [-0.05, 0) is 23.3 Å². The molecule has 0 atom stereocenters. The van der Waals surface area contributed by atoms with Crippen molar-refractivity contribution >= 4 is 37.2 Å². The lowest BCUT2D eigenvalue weighted by atomic mass is 10.0. The summed E-state index contributed by atoms with van der Waals surface area (Å²) >= 11 is 1.71. The molecule has 7 aromatic carbocycles. The molecule has 0 aliphatic carbocycles. The fraction of sp³-hybridized carbons (Fsp3) is 0. The van der Waals surface area contributed by atoms with E-state index in [4.69, 9.17) is 36.5 Å². The first kappa shape index (κ1) is 33.8. The molecule has 0 N–H and O–H groups in total. The molecule has 8 heteroatoms. The van der Waals surface area contributed by atoms with Gasteiger partial charge in [0.2, 0.25) is 0 Å². The topological polar surface area (TPSA) is 81.7 Å². The first-order valence-electron chi connectivity index (χ1n) is 18.4. The maximum absolute atomic E-state index is 7.29. The lowest BCUT2D eigenvalue weighted by molar-refractivity contribution is 1.08. The number of hydrogen-bond acceptors (Lipinski definition) is 7. The summed E-state index contributed by atoms with van der Waals surface area (Å²) in [5.74, 6) is 3.62. The minimum Gasteiger partial charge on any atom is -0.238 e. The van der Waals surface area contributed by atoms with Gasteiger partial charge in [-0.25, -0.2) is 34.7 Å². The molecule has 0 fully saturated rings. The number of nitrogens with zero attached hydrogens (tertiary/aromatic N) is 7. The molecule has 0 spiro atoms. The highest BCUT2D eigenvalue weighted by molar-refractivity contribution is 7.26. The SMILES string of the molecule is [C-]#[N+]c1ccc(-c2ccc(-c3nc(-c4ccccc4)nc(-c4cccc5sc6c(-c7nc(-c8ccccc8)nc(-c8ccccc8)n7)cccc6c45)n3)cc2)cc1. The second kappa shape index (κ2) is 14.5. The molecule has 57 heavy (non-hydrogen) atoms. The average molecular weight is 748 g/mol. The van der Waals surface area contributed by atoms with E-state index in [0.717, 1.165) is 64.7 Å². The highest BCUT2D eigenvalue weighted by Crippen LogP contribution is 2.43. The van der Waals surface area contributed by atoms with Crippen LogP contribution in [-0.4, -0.2) is 29.9 Å². The largest absolute Gasteiger partial charge is 0.238 e. The second-order valence-corrected chi connectivity index (χ2v) is 14.5. The van der Waals surface area contributed by atoms with Crippen LogP contribution < -0.4 is 0 Å². The van der Waals surface area contributed by atoms with Crippen LogP contribution in [0, 0.1) is 6.57 Å². The van der Waals surface area contributed by atoms with Gasteiger partial charge >= 0.3 is 0 Å². The van der Waals surface area contributed by atoms with E-state index in [1.54, 1.807) is 11.3 Å². The third-order valence-corrected chi connectivity index (χ3v) is 11.0. The molecule has 0 bridgehead atoms. The molecule has 3 heterocycles. The second-order valence-electron chi connectivity index (χ2n) is 13.4. The Morgan fingerprint density at radius 2 is 0.754 bits per heavy atom. The van der Waals surface area contributed by atoms with Gasteiger partial charge in [0.25, 0.3) is 0 Å². The summed E-state index contributed by atoms with van der Waals surface area (Å²) in [6, 6.07) is 58.6. The van der Waals surface area contributed by atoms with Crippen LogP contribution in [0.25, 0.3) is 104 Å². The van der Waals surface area contributed by atoms with Gasteiger partial charge in [-0.15, -0.1) is 11.3 Å². The average Bonchev–Trinajstić information content (AvgIpc) is 3.69. The maximum Gasteiger partial charge on any atom is 0.187 e. The fourth-order valence-corrected chi connectivity index (χ4v) is 8.26. The van der Waals surface area contributed by atoms with Crippen LogP contribution in [0.5, 0.6) is 0 Å². The van der Waals surface area contributed by atoms with Crippen molar-refractivity contribution in [1.82, 2.24) is 29.9 Å². The van der Waals surface area contributed by atoms with Gasteiger partial charge in [0.15, 0.2) is 40.6 Å². The summed E-state index contributed by atoms with van der Waals surface area (Å²) in [7, 11) is 0. The van der Waals surface area contributed by atoms with Gasteiger partial charge in [-0.2, -0.15) is 0 Å². The standard InChI is InChI=1S/C49H29N7S/c1-50-37-29-27-32(28-30-37)31-23-25-36(26-24-31)47-52-44(33-13-5-2-6-14-33)53-48(54-47)39-20-12-22-41-42(39)38-19-11-21-40(43(38)57-41)49-55-45(34-15-7-3-8-16-34)51-46(56-49)35-17-9-4-10-18-35/h2-30H. The van der Waals surface area contributed by atoms with E-state index in [9.17, 15) is 0 Å². The van der Waals surface area contributed by atoms with E-state index in [-0.39, 0.29) is 0 Å². The Bertz CT molecular complexity index is 3050. The van der Waals surface area contributed by atoms with Gasteiger partial charge < -0.3 is 0 Å². The van der Waals surface area contributed by atoms with Gasteiger partial charge in [-0.1, -0.05) is 164 Å². The zero-order valence-electron chi connectivity index (χ0n) is 30.3. The van der Waals surface area contributed by atoms with E-state index < -0.39 is 0 Å². The van der Waals surface area contributed by atoms with Gasteiger partial charge in [0.1, 0.15) is 0 Å². The summed E-state index contributed by atoms with van der Waals surface area (Å²) in [6.45, 7) is 7.29. The summed E-state index contributed by atoms with van der Waals surface area (Å²) in [6.07, 6.45) is 0. The van der Waals surface area contributed by atoms with Crippen LogP contribution >= 0.6 is 11.3 Å². The quantitative estimate of drug-likeness (QED) is 0.151. The van der Waals surface area contributed by atoms with Crippen molar-refractivity contribution in [3.63, 3.8) is 0 Å². The van der Waals surface area contributed by atoms with Crippen molar-refractivity contribution in [2.24, 2.45) is 0 Å². The summed E-state index contributed by atoms with van der Waals surface area (Å²) in [5, 5.41) is 2.14. The van der Waals surface area contributed by atoms with Crippen molar-refractivity contribution in [3.05, 3.63) is 187 Å². The smallest absolute Gasteiger partial charge is 0.187 e. The van der Waals surface area contributed by atoms with E-state index in [1.165, 1.54) is 0 Å². The van der Waals surface area contributed by atoms with Crippen LogP contribution in [-0.2, 0) is 0 Å². The minimum absolute atomic E-state index is 0.582. The van der Waals surface area contributed by atoms with E-state index in [0.29, 0.717) is 40.6 Å². The highest BCUT2D eigenvalue weighted by Gasteiger charge is 2.20. The summed E-state index contributed by atoms with van der Waals surface area (Å²) < 4.78 is 2.18. The molecular weight excluding hydrogens is 719 g/mol. The normalized spacial score (nSPS) is 11.1. The van der Waals surface area contributed by atoms with Gasteiger partial charge in [-0.3, -0.25) is 0 Å². The van der Waals surface area contributed by atoms with Crippen molar-refractivity contribution in [1.29, 1.82) is 0 Å². The number of thiophene rings is 1. The Labute approximate surface area is 332 Å². The first-order chi connectivity index (χ1) is 28.2. The number of benzene rings is 7. The molecule has 0 saturated carbocycles. The molecule has 0 radical (unpaired) electrons. The Morgan fingerprint density at radius 3 is 1.26 bits per heavy atom. The molecule has 0 saturated heterocycles. The van der Waals surface area contributed by atoms with Crippen molar-refractivity contribution < 1.29 is 0 Å². The first-order valence-corrected chi connectivity index (χ1v) is 19.2. The van der Waals surface area contributed by atoms with E-state index >= 15 is 0 Å². The monoisotopic (exact) mass is 747 g/mol. The Morgan fingerprint density at radius 1 is 0.351 bits per heavy atom. The van der Waals surface area contributed by atoms with Gasteiger partial charge in [0.05, 0.1) is 6.57 Å². The lowest BCUT2D eigenvalue weighted by Crippen LogP contribution is -2.00. The Hall–Kier alpha value is -7.73. The Balaban J connectivity index is 1.13. The minimum atomic E-state index is 0.582. The predicted molar refractivity (Wildman–Crippen MR) is 230 cm³/mol. The number of rotatable bonds is 7. The fourth-order valence-electron chi connectivity index (χ4n) is 7.02. The number of aromatic nitrogens is 6. The molecule has 0 unspecified atom stereocenters. The van der Waals surface area contributed by atoms with Gasteiger partial charge in [0, 0.05) is 53.6 Å².